The average Bonchev–Trinajstić information content (AvgIpc) is 2.83. The van der Waals surface area contributed by atoms with Crippen LogP contribution in [0.25, 0.3) is 0 Å². The largest absolute Gasteiger partial charge is 0.399 e. The third-order valence-corrected chi connectivity index (χ3v) is 3.98. The van der Waals surface area contributed by atoms with Gasteiger partial charge in [-0.3, -0.25) is 4.79 Å². The summed E-state index contributed by atoms with van der Waals surface area (Å²) in [6.07, 6.45) is 5.32. The molecule has 0 saturated heterocycles. The molecule has 0 saturated carbocycles. The number of rotatable bonds is 3. The van der Waals surface area contributed by atoms with Gasteiger partial charge in [0.2, 0.25) is 0 Å². The van der Waals surface area contributed by atoms with Crippen LogP contribution in [-0.4, -0.2) is 9.55 Å². The molecule has 0 aliphatic heterocycles. The van der Waals surface area contributed by atoms with Gasteiger partial charge in [0.05, 0.1) is 6.04 Å². The molecule has 1 aromatic carbocycles. The molecule has 21 heavy (non-hydrogen) atoms. The van der Waals surface area contributed by atoms with Crippen LogP contribution in [0.15, 0.2) is 35.4 Å². The third-order valence-electron chi connectivity index (χ3n) is 3.98. The molecular formula is C16H20N4O. The van der Waals surface area contributed by atoms with E-state index in [2.05, 4.69) is 10.3 Å². The van der Waals surface area contributed by atoms with Crippen molar-refractivity contribution in [2.24, 2.45) is 0 Å². The van der Waals surface area contributed by atoms with Crippen molar-refractivity contribution in [3.05, 3.63) is 52.1 Å². The van der Waals surface area contributed by atoms with Gasteiger partial charge in [-0.05, 0) is 49.9 Å². The smallest absolute Gasteiger partial charge is 0.293 e. The van der Waals surface area contributed by atoms with E-state index in [-0.39, 0.29) is 17.6 Å². The Kier molecular flexibility index (Phi) is 3.41. The van der Waals surface area contributed by atoms with Crippen LogP contribution in [0.4, 0.5) is 11.5 Å². The van der Waals surface area contributed by atoms with Crippen molar-refractivity contribution in [2.45, 2.75) is 38.8 Å². The summed E-state index contributed by atoms with van der Waals surface area (Å²) >= 11 is 0. The predicted octanol–water partition coefficient (Wildman–Crippen LogP) is 2.51. The average molecular weight is 284 g/mol. The van der Waals surface area contributed by atoms with E-state index in [4.69, 9.17) is 5.73 Å². The second-order valence-corrected chi connectivity index (χ2v) is 5.78. The number of benzene rings is 1. The molecule has 5 nitrogen and oxygen atoms in total. The normalized spacial score (nSPS) is 17.0. The summed E-state index contributed by atoms with van der Waals surface area (Å²) in [5.41, 5.74) is 9.00. The lowest BCUT2D eigenvalue weighted by Crippen LogP contribution is -2.26. The minimum absolute atomic E-state index is 0.0728. The van der Waals surface area contributed by atoms with Gasteiger partial charge < -0.3 is 15.6 Å². The maximum absolute atomic E-state index is 12.4. The molecule has 5 heteroatoms. The van der Waals surface area contributed by atoms with E-state index in [1.165, 1.54) is 11.1 Å². The first-order chi connectivity index (χ1) is 10.1. The van der Waals surface area contributed by atoms with Crippen molar-refractivity contribution in [3.63, 3.8) is 0 Å². The van der Waals surface area contributed by atoms with Crippen LogP contribution < -0.4 is 16.6 Å². The molecule has 1 atom stereocenters. The zero-order valence-corrected chi connectivity index (χ0v) is 12.3. The summed E-state index contributed by atoms with van der Waals surface area (Å²) in [5, 5.41) is 3.29. The van der Waals surface area contributed by atoms with Crippen molar-refractivity contribution in [2.75, 3.05) is 11.1 Å². The van der Waals surface area contributed by atoms with E-state index >= 15 is 0 Å². The van der Waals surface area contributed by atoms with Gasteiger partial charge in [0.25, 0.3) is 5.56 Å². The molecule has 2 aromatic rings. The number of aromatic nitrogens is 2. The molecule has 1 unspecified atom stereocenters. The highest BCUT2D eigenvalue weighted by Crippen LogP contribution is 2.34. The molecule has 3 N–H and O–H groups in total. The SMILES string of the molecule is CC(C)n1ccnc(NC2CCc3cc(N)ccc32)c1=O. The molecular weight excluding hydrogens is 264 g/mol. The first kappa shape index (κ1) is 13.7. The Labute approximate surface area is 123 Å². The highest BCUT2D eigenvalue weighted by atomic mass is 16.1. The number of nitrogens with zero attached hydrogens (tertiary/aromatic N) is 2. The van der Waals surface area contributed by atoms with Gasteiger partial charge in [0, 0.05) is 24.1 Å². The molecule has 0 amide bonds. The van der Waals surface area contributed by atoms with Gasteiger partial charge in [-0.15, -0.1) is 0 Å². The lowest BCUT2D eigenvalue weighted by atomic mass is 10.1. The highest BCUT2D eigenvalue weighted by molar-refractivity contribution is 5.50. The number of hydrogen-bond donors (Lipinski definition) is 2. The molecule has 0 fully saturated rings. The first-order valence-corrected chi connectivity index (χ1v) is 7.28. The molecule has 1 heterocycles. The Balaban J connectivity index is 1.90. The van der Waals surface area contributed by atoms with Crippen LogP contribution in [0.1, 0.15) is 43.5 Å². The van der Waals surface area contributed by atoms with Crippen LogP contribution in [0.3, 0.4) is 0 Å². The van der Waals surface area contributed by atoms with E-state index in [1.54, 1.807) is 17.0 Å². The van der Waals surface area contributed by atoms with E-state index in [0.29, 0.717) is 5.82 Å². The van der Waals surface area contributed by atoms with Gasteiger partial charge >= 0.3 is 0 Å². The second-order valence-electron chi connectivity index (χ2n) is 5.78. The number of anilines is 2. The number of hydrogen-bond acceptors (Lipinski definition) is 4. The van der Waals surface area contributed by atoms with Crippen LogP contribution in [0, 0.1) is 0 Å². The van der Waals surface area contributed by atoms with Gasteiger partial charge in [-0.25, -0.2) is 4.98 Å². The first-order valence-electron chi connectivity index (χ1n) is 7.28. The predicted molar refractivity (Wildman–Crippen MR) is 84.4 cm³/mol. The topological polar surface area (TPSA) is 72.9 Å². The Morgan fingerprint density at radius 2 is 2.24 bits per heavy atom. The Morgan fingerprint density at radius 3 is 3.00 bits per heavy atom. The number of nitrogen functional groups attached to an aromatic ring is 1. The second kappa shape index (κ2) is 5.24. The molecule has 0 spiro atoms. The fraction of sp³-hybridized carbons (Fsp3) is 0.375. The van der Waals surface area contributed by atoms with Gasteiger partial charge in [-0.2, -0.15) is 0 Å². The summed E-state index contributed by atoms with van der Waals surface area (Å²) < 4.78 is 1.69. The molecule has 0 radical (unpaired) electrons. The highest BCUT2D eigenvalue weighted by Gasteiger charge is 2.23. The van der Waals surface area contributed by atoms with Crippen molar-refractivity contribution < 1.29 is 0 Å². The van der Waals surface area contributed by atoms with Crippen molar-refractivity contribution in [3.8, 4) is 0 Å². The number of nitrogens with two attached hydrogens (primary N) is 1. The minimum Gasteiger partial charge on any atom is -0.399 e. The number of nitrogens with one attached hydrogen (secondary N) is 1. The van der Waals surface area contributed by atoms with Crippen LogP contribution in [0.2, 0.25) is 0 Å². The lowest BCUT2D eigenvalue weighted by molar-refractivity contribution is 0.573. The molecule has 1 aliphatic carbocycles. The number of aryl methyl sites for hydroxylation is 1. The van der Waals surface area contributed by atoms with E-state index in [9.17, 15) is 4.79 Å². The molecule has 110 valence electrons. The van der Waals surface area contributed by atoms with Crippen molar-refractivity contribution in [1.29, 1.82) is 0 Å². The maximum atomic E-state index is 12.4. The standard InChI is InChI=1S/C16H20N4O/c1-10(2)20-8-7-18-15(16(20)21)19-14-6-3-11-9-12(17)4-5-13(11)14/h4-5,7-10,14H,3,6,17H2,1-2H3,(H,18,19). The molecule has 3 rings (SSSR count). The van der Waals surface area contributed by atoms with Gasteiger partial charge in [0.15, 0.2) is 5.82 Å². The summed E-state index contributed by atoms with van der Waals surface area (Å²) in [6, 6.07) is 6.21. The zero-order chi connectivity index (χ0) is 15.0. The molecule has 1 aliphatic rings. The maximum Gasteiger partial charge on any atom is 0.293 e. The summed E-state index contributed by atoms with van der Waals surface area (Å²) in [4.78, 5) is 16.6. The Hall–Kier alpha value is -2.30. The third kappa shape index (κ3) is 2.51. The fourth-order valence-electron chi connectivity index (χ4n) is 2.88. The summed E-state index contributed by atoms with van der Waals surface area (Å²) in [6.45, 7) is 3.97. The van der Waals surface area contributed by atoms with Crippen LogP contribution in [0.5, 0.6) is 0 Å². The quantitative estimate of drug-likeness (QED) is 0.849. The van der Waals surface area contributed by atoms with Crippen molar-refractivity contribution >= 4 is 11.5 Å². The summed E-state index contributed by atoms with van der Waals surface area (Å²) in [5.74, 6) is 0.417. The van der Waals surface area contributed by atoms with E-state index in [0.717, 1.165) is 18.5 Å². The lowest BCUT2D eigenvalue weighted by Gasteiger charge is -2.16. The van der Waals surface area contributed by atoms with Crippen LogP contribution >= 0.6 is 0 Å². The zero-order valence-electron chi connectivity index (χ0n) is 12.3. The van der Waals surface area contributed by atoms with Gasteiger partial charge in [0.1, 0.15) is 0 Å². The Bertz CT molecular complexity index is 720. The van der Waals surface area contributed by atoms with Gasteiger partial charge in [-0.1, -0.05) is 6.07 Å². The van der Waals surface area contributed by atoms with E-state index in [1.807, 2.05) is 32.0 Å². The van der Waals surface area contributed by atoms with E-state index < -0.39 is 0 Å². The fourth-order valence-corrected chi connectivity index (χ4v) is 2.88. The van der Waals surface area contributed by atoms with Crippen molar-refractivity contribution in [1.82, 2.24) is 9.55 Å². The van der Waals surface area contributed by atoms with Crippen LogP contribution in [-0.2, 0) is 6.42 Å². The number of fused-ring (bicyclic) bond motifs is 1. The molecule has 1 aromatic heterocycles. The Morgan fingerprint density at radius 1 is 1.43 bits per heavy atom. The minimum atomic E-state index is -0.0728. The molecule has 0 bridgehead atoms. The summed E-state index contributed by atoms with van der Waals surface area (Å²) in [7, 11) is 0. The monoisotopic (exact) mass is 284 g/mol.